The van der Waals surface area contributed by atoms with Crippen molar-refractivity contribution in [1.29, 1.82) is 0 Å². The van der Waals surface area contributed by atoms with Gasteiger partial charge in [0.1, 0.15) is 0 Å². The Balaban J connectivity index is 1.87. The minimum Gasteiger partial charge on any atom is -0.377 e. The standard InChI is InChI=1S/C17H27NOS/c1-2-11-19-17-9-6-10-18(13-17)12-16(14-20)15-7-4-3-5-8-15/h3-5,7-8,16-17,20H,2,6,9-14H2,1H3. The Hall–Kier alpha value is -0.510. The number of ether oxygens (including phenoxy) is 1. The van der Waals surface area contributed by atoms with Crippen molar-refractivity contribution in [3.8, 4) is 0 Å². The molecule has 1 aromatic carbocycles. The number of likely N-dealkylation sites (tertiary alicyclic amines) is 1. The van der Waals surface area contributed by atoms with Crippen LogP contribution >= 0.6 is 12.6 Å². The van der Waals surface area contributed by atoms with Gasteiger partial charge in [0.2, 0.25) is 0 Å². The maximum absolute atomic E-state index is 5.92. The molecule has 0 aliphatic carbocycles. The van der Waals surface area contributed by atoms with E-state index in [1.54, 1.807) is 0 Å². The third kappa shape index (κ3) is 4.80. The Morgan fingerprint density at radius 3 is 2.85 bits per heavy atom. The molecule has 0 aromatic heterocycles. The molecule has 1 saturated heterocycles. The van der Waals surface area contributed by atoms with Crippen molar-refractivity contribution in [3.05, 3.63) is 35.9 Å². The minimum absolute atomic E-state index is 0.431. The van der Waals surface area contributed by atoms with E-state index >= 15 is 0 Å². The van der Waals surface area contributed by atoms with E-state index in [4.69, 9.17) is 4.74 Å². The maximum atomic E-state index is 5.92. The fourth-order valence-corrected chi connectivity index (χ4v) is 3.23. The third-order valence-electron chi connectivity index (χ3n) is 3.99. The normalized spacial score (nSPS) is 21.8. The molecular formula is C17H27NOS. The number of benzene rings is 1. The summed E-state index contributed by atoms with van der Waals surface area (Å²) in [7, 11) is 0. The van der Waals surface area contributed by atoms with Gasteiger partial charge in [0.05, 0.1) is 6.10 Å². The lowest BCUT2D eigenvalue weighted by Crippen LogP contribution is -2.42. The second-order valence-electron chi connectivity index (χ2n) is 5.68. The summed E-state index contributed by atoms with van der Waals surface area (Å²) in [6.07, 6.45) is 4.01. The van der Waals surface area contributed by atoms with Crippen LogP contribution in [-0.4, -0.2) is 43.0 Å². The van der Waals surface area contributed by atoms with E-state index in [2.05, 4.69) is 54.8 Å². The van der Waals surface area contributed by atoms with Crippen molar-refractivity contribution in [2.24, 2.45) is 0 Å². The van der Waals surface area contributed by atoms with Gasteiger partial charge >= 0.3 is 0 Å². The molecule has 1 fully saturated rings. The molecule has 2 rings (SSSR count). The van der Waals surface area contributed by atoms with Gasteiger partial charge in [-0.2, -0.15) is 12.6 Å². The van der Waals surface area contributed by atoms with E-state index in [1.165, 1.54) is 24.9 Å². The summed E-state index contributed by atoms with van der Waals surface area (Å²) >= 11 is 4.55. The van der Waals surface area contributed by atoms with Crippen molar-refractivity contribution < 1.29 is 4.74 Å². The number of hydrogen-bond donors (Lipinski definition) is 1. The highest BCUT2D eigenvalue weighted by Gasteiger charge is 2.22. The van der Waals surface area contributed by atoms with Crippen molar-refractivity contribution in [3.63, 3.8) is 0 Å². The van der Waals surface area contributed by atoms with Crippen molar-refractivity contribution >= 4 is 12.6 Å². The average Bonchev–Trinajstić information content (AvgIpc) is 2.52. The summed E-state index contributed by atoms with van der Waals surface area (Å²) in [6, 6.07) is 10.8. The molecule has 2 nitrogen and oxygen atoms in total. The van der Waals surface area contributed by atoms with Crippen LogP contribution in [0.4, 0.5) is 0 Å². The smallest absolute Gasteiger partial charge is 0.0702 e. The third-order valence-corrected chi connectivity index (χ3v) is 4.43. The molecular weight excluding hydrogens is 266 g/mol. The lowest BCUT2D eigenvalue weighted by Gasteiger charge is -2.34. The van der Waals surface area contributed by atoms with Crippen LogP contribution in [-0.2, 0) is 4.74 Å². The van der Waals surface area contributed by atoms with Crippen LogP contribution in [0.5, 0.6) is 0 Å². The first-order valence-corrected chi connectivity index (χ1v) is 8.46. The summed E-state index contributed by atoms with van der Waals surface area (Å²) in [5.41, 5.74) is 1.40. The fraction of sp³-hybridized carbons (Fsp3) is 0.647. The highest BCUT2D eigenvalue weighted by Crippen LogP contribution is 2.21. The fourth-order valence-electron chi connectivity index (χ4n) is 2.90. The van der Waals surface area contributed by atoms with Crippen LogP contribution in [0.3, 0.4) is 0 Å². The molecule has 3 heteroatoms. The van der Waals surface area contributed by atoms with Crippen molar-refractivity contribution in [1.82, 2.24) is 4.90 Å². The summed E-state index contributed by atoms with van der Waals surface area (Å²) in [4.78, 5) is 2.55. The number of piperidine rings is 1. The molecule has 0 N–H and O–H groups in total. The number of nitrogens with zero attached hydrogens (tertiary/aromatic N) is 1. The van der Waals surface area contributed by atoms with E-state index in [9.17, 15) is 0 Å². The predicted molar refractivity (Wildman–Crippen MR) is 88.7 cm³/mol. The number of rotatable bonds is 7. The van der Waals surface area contributed by atoms with Gasteiger partial charge in [-0.3, -0.25) is 0 Å². The van der Waals surface area contributed by atoms with Crippen LogP contribution in [0.1, 0.15) is 37.7 Å². The zero-order chi connectivity index (χ0) is 14.2. The molecule has 1 aliphatic rings. The second-order valence-corrected chi connectivity index (χ2v) is 6.05. The molecule has 1 heterocycles. The molecule has 2 unspecified atom stereocenters. The van der Waals surface area contributed by atoms with Crippen LogP contribution in [0.15, 0.2) is 30.3 Å². The maximum Gasteiger partial charge on any atom is 0.0702 e. The van der Waals surface area contributed by atoms with Crippen molar-refractivity contribution in [2.75, 3.05) is 32.0 Å². The molecule has 1 aromatic rings. The van der Waals surface area contributed by atoms with Crippen molar-refractivity contribution in [2.45, 2.75) is 38.2 Å². The van der Waals surface area contributed by atoms with E-state index in [-0.39, 0.29) is 0 Å². The lowest BCUT2D eigenvalue weighted by atomic mass is 9.99. The number of thiol groups is 1. The first-order chi connectivity index (χ1) is 9.83. The predicted octanol–water partition coefficient (Wildman–Crippen LogP) is 3.59. The highest BCUT2D eigenvalue weighted by atomic mass is 32.1. The van der Waals surface area contributed by atoms with E-state index in [0.717, 1.165) is 31.9 Å². The molecule has 112 valence electrons. The highest BCUT2D eigenvalue weighted by molar-refractivity contribution is 7.80. The van der Waals surface area contributed by atoms with E-state index < -0.39 is 0 Å². The van der Waals surface area contributed by atoms with Crippen LogP contribution < -0.4 is 0 Å². The Morgan fingerprint density at radius 1 is 1.35 bits per heavy atom. The van der Waals surface area contributed by atoms with Gasteiger partial charge in [0, 0.05) is 25.6 Å². The van der Waals surface area contributed by atoms with Crippen LogP contribution in [0, 0.1) is 0 Å². The first kappa shape index (κ1) is 15.9. The Morgan fingerprint density at radius 2 is 2.15 bits per heavy atom. The minimum atomic E-state index is 0.431. The van der Waals surface area contributed by atoms with Gasteiger partial charge in [0.25, 0.3) is 0 Å². The molecule has 0 radical (unpaired) electrons. The monoisotopic (exact) mass is 293 g/mol. The van der Waals surface area contributed by atoms with E-state index in [1.807, 2.05) is 0 Å². The Kier molecular flexibility index (Phi) is 6.91. The van der Waals surface area contributed by atoms with Gasteiger partial charge in [-0.1, -0.05) is 37.3 Å². The van der Waals surface area contributed by atoms with Gasteiger partial charge in [0.15, 0.2) is 0 Å². The molecule has 0 amide bonds. The zero-order valence-corrected chi connectivity index (χ0v) is 13.4. The van der Waals surface area contributed by atoms with Crippen LogP contribution in [0.2, 0.25) is 0 Å². The van der Waals surface area contributed by atoms with Crippen LogP contribution in [0.25, 0.3) is 0 Å². The lowest BCUT2D eigenvalue weighted by molar-refractivity contribution is -0.00102. The zero-order valence-electron chi connectivity index (χ0n) is 12.5. The summed E-state index contributed by atoms with van der Waals surface area (Å²) < 4.78 is 5.92. The van der Waals surface area contributed by atoms with Gasteiger partial charge in [-0.25, -0.2) is 0 Å². The van der Waals surface area contributed by atoms with E-state index in [0.29, 0.717) is 12.0 Å². The topological polar surface area (TPSA) is 12.5 Å². The largest absolute Gasteiger partial charge is 0.377 e. The summed E-state index contributed by atoms with van der Waals surface area (Å²) in [5, 5.41) is 0. The molecule has 1 aliphatic heterocycles. The molecule has 20 heavy (non-hydrogen) atoms. The average molecular weight is 293 g/mol. The quantitative estimate of drug-likeness (QED) is 0.771. The molecule has 0 saturated carbocycles. The Bertz CT molecular complexity index is 371. The van der Waals surface area contributed by atoms with Gasteiger partial charge < -0.3 is 9.64 Å². The summed E-state index contributed by atoms with van der Waals surface area (Å²) in [6.45, 7) is 6.44. The first-order valence-electron chi connectivity index (χ1n) is 7.83. The second kappa shape index (κ2) is 8.71. The number of hydrogen-bond acceptors (Lipinski definition) is 3. The van der Waals surface area contributed by atoms with Gasteiger partial charge in [-0.15, -0.1) is 0 Å². The summed E-state index contributed by atoms with van der Waals surface area (Å²) in [5.74, 6) is 1.42. The molecule has 0 bridgehead atoms. The molecule has 2 atom stereocenters. The molecule has 0 spiro atoms. The van der Waals surface area contributed by atoms with Gasteiger partial charge in [-0.05, 0) is 37.1 Å². The Labute approximate surface area is 128 Å². The SMILES string of the molecule is CCCOC1CCCN(CC(CS)c2ccccc2)C1.